The number of benzene rings is 1. The smallest absolute Gasteiger partial charge is 0.219 e. The summed E-state index contributed by atoms with van der Waals surface area (Å²) >= 11 is 0. The monoisotopic (exact) mass is 430 g/mol. The summed E-state index contributed by atoms with van der Waals surface area (Å²) in [7, 11) is 0. The molecule has 1 spiro atoms. The molecule has 0 radical (unpaired) electrons. The Balaban J connectivity index is 1.43. The molecular weight excluding hydrogens is 395 g/mol. The molecule has 1 amide bonds. The minimum absolute atomic E-state index is 0.0429. The van der Waals surface area contributed by atoms with Gasteiger partial charge in [-0.1, -0.05) is 26.8 Å². The van der Waals surface area contributed by atoms with Crippen molar-refractivity contribution in [1.82, 2.24) is 5.32 Å². The van der Waals surface area contributed by atoms with E-state index in [1.165, 1.54) is 0 Å². The van der Waals surface area contributed by atoms with E-state index in [-0.39, 0.29) is 34.7 Å². The molecule has 5 nitrogen and oxygen atoms in total. The predicted octanol–water partition coefficient (Wildman–Crippen LogP) is 4.07. The van der Waals surface area contributed by atoms with Crippen LogP contribution in [0, 0.1) is 28.5 Å². The number of amides is 1. The largest absolute Gasteiger partial charge is 0.378 e. The van der Waals surface area contributed by atoms with E-state index in [9.17, 15) is 4.79 Å². The van der Waals surface area contributed by atoms with Gasteiger partial charge in [0.25, 0.3) is 0 Å². The maximum absolute atomic E-state index is 15.1. The van der Waals surface area contributed by atoms with Gasteiger partial charge in [0, 0.05) is 32.2 Å². The van der Waals surface area contributed by atoms with Crippen LogP contribution in [0.5, 0.6) is 0 Å². The number of fused-ring (bicyclic) bond motifs is 1. The number of nitrogens with zero attached hydrogens (tertiary/aromatic N) is 1. The number of carbonyl (C=O) groups excluding carboxylic acids is 1. The fourth-order valence-electron chi connectivity index (χ4n) is 7.14. The third-order valence-corrected chi connectivity index (χ3v) is 8.78. The third-order valence-electron chi connectivity index (χ3n) is 8.78. The number of morpholine rings is 1. The second-order valence-electron chi connectivity index (χ2n) is 10.5. The number of hydrogen-bond acceptors (Lipinski definition) is 4. The van der Waals surface area contributed by atoms with E-state index in [4.69, 9.17) is 9.47 Å². The summed E-state index contributed by atoms with van der Waals surface area (Å²) in [6, 6.07) is 5.80. The molecule has 4 fully saturated rings. The quantitative estimate of drug-likeness (QED) is 0.782. The van der Waals surface area contributed by atoms with E-state index >= 15 is 4.39 Å². The zero-order valence-corrected chi connectivity index (χ0v) is 19.0. The average molecular weight is 431 g/mol. The van der Waals surface area contributed by atoms with Crippen molar-refractivity contribution < 1.29 is 18.7 Å². The number of rotatable bonds is 4. The standard InChI is InChI=1S/C25H35FN2O3/c1-4-21(29)27-23-24(2,3)17-14-18-22(31-10-7-25(18,23)15-17)16-5-6-20(19(26)13-16)28-8-11-30-12-9-28/h5-6,13,17-18,22-23H,4,7-12,14-15H2,1-3H3,(H,27,29)/t17-,18-,22-,23+,25-/m1/s1. The highest BCUT2D eigenvalue weighted by atomic mass is 19.1. The first-order valence-electron chi connectivity index (χ1n) is 11.9. The van der Waals surface area contributed by atoms with Gasteiger partial charge in [0.2, 0.25) is 5.91 Å². The van der Waals surface area contributed by atoms with Crippen molar-refractivity contribution in [1.29, 1.82) is 0 Å². The van der Waals surface area contributed by atoms with Crippen molar-refractivity contribution in [2.75, 3.05) is 37.8 Å². The first-order chi connectivity index (χ1) is 14.9. The summed E-state index contributed by atoms with van der Waals surface area (Å²) in [4.78, 5) is 14.4. The molecule has 0 unspecified atom stereocenters. The fraction of sp³-hybridized carbons (Fsp3) is 0.720. The number of anilines is 1. The van der Waals surface area contributed by atoms with Crippen LogP contribution in [0.2, 0.25) is 0 Å². The maximum atomic E-state index is 15.1. The molecule has 2 aliphatic heterocycles. The molecule has 2 heterocycles. The summed E-state index contributed by atoms with van der Waals surface area (Å²) < 4.78 is 26.8. The van der Waals surface area contributed by atoms with Gasteiger partial charge in [0.15, 0.2) is 0 Å². The Bertz CT molecular complexity index is 853. The van der Waals surface area contributed by atoms with Gasteiger partial charge in [-0.15, -0.1) is 0 Å². The Morgan fingerprint density at radius 3 is 2.74 bits per heavy atom. The molecule has 2 saturated heterocycles. The highest BCUT2D eigenvalue weighted by molar-refractivity contribution is 5.76. The first kappa shape index (κ1) is 21.2. The number of carbonyl (C=O) groups is 1. The van der Waals surface area contributed by atoms with Gasteiger partial charge in [0.1, 0.15) is 5.82 Å². The third kappa shape index (κ3) is 3.29. The van der Waals surface area contributed by atoms with Crippen LogP contribution in [-0.4, -0.2) is 44.9 Å². The number of halogens is 1. The van der Waals surface area contributed by atoms with Gasteiger partial charge >= 0.3 is 0 Å². The molecule has 1 aromatic rings. The van der Waals surface area contributed by atoms with Crippen molar-refractivity contribution in [3.8, 4) is 0 Å². The van der Waals surface area contributed by atoms with Crippen LogP contribution in [0.1, 0.15) is 58.1 Å². The number of nitrogens with one attached hydrogen (secondary N) is 1. The summed E-state index contributed by atoms with van der Waals surface area (Å²) in [5.41, 5.74) is 1.71. The first-order valence-corrected chi connectivity index (χ1v) is 11.9. The van der Waals surface area contributed by atoms with Crippen molar-refractivity contribution in [3.63, 3.8) is 0 Å². The molecule has 5 atom stereocenters. The van der Waals surface area contributed by atoms with E-state index in [0.717, 1.165) is 37.9 Å². The van der Waals surface area contributed by atoms with Crippen LogP contribution in [0.3, 0.4) is 0 Å². The van der Waals surface area contributed by atoms with E-state index < -0.39 is 0 Å². The maximum Gasteiger partial charge on any atom is 0.219 e. The SMILES string of the molecule is CCC(=O)N[C@H]1C(C)(C)[C@@H]2C[C@@H]3[C@@H](c4ccc(N5CCOCC5)c(F)c4)OCC[C@@]31C2. The Kier molecular flexibility index (Phi) is 5.29. The van der Waals surface area contributed by atoms with Crippen molar-refractivity contribution in [2.24, 2.45) is 22.7 Å². The van der Waals surface area contributed by atoms with Crippen LogP contribution in [0.15, 0.2) is 18.2 Å². The Hall–Kier alpha value is -1.66. The molecular formula is C25H35FN2O3. The highest BCUT2D eigenvalue weighted by Gasteiger charge is 2.68. The predicted molar refractivity (Wildman–Crippen MR) is 117 cm³/mol. The zero-order chi connectivity index (χ0) is 21.8. The van der Waals surface area contributed by atoms with E-state index in [2.05, 4.69) is 24.1 Å². The lowest BCUT2D eigenvalue weighted by Gasteiger charge is -2.53. The molecule has 1 N–H and O–H groups in total. The van der Waals surface area contributed by atoms with Gasteiger partial charge in [0.05, 0.1) is 25.0 Å². The molecule has 5 rings (SSSR count). The number of ether oxygens (including phenoxy) is 2. The Morgan fingerprint density at radius 1 is 1.26 bits per heavy atom. The minimum Gasteiger partial charge on any atom is -0.378 e. The van der Waals surface area contributed by atoms with Crippen molar-refractivity contribution >= 4 is 11.6 Å². The molecule has 2 saturated carbocycles. The summed E-state index contributed by atoms with van der Waals surface area (Å²) in [6.07, 6.45) is 3.59. The Morgan fingerprint density at radius 2 is 2.03 bits per heavy atom. The molecule has 4 aliphatic rings. The zero-order valence-electron chi connectivity index (χ0n) is 19.0. The Labute approximate surface area is 184 Å². The topological polar surface area (TPSA) is 50.8 Å². The van der Waals surface area contributed by atoms with Crippen LogP contribution in [0.25, 0.3) is 0 Å². The summed E-state index contributed by atoms with van der Waals surface area (Å²) in [5, 5.41) is 3.39. The summed E-state index contributed by atoms with van der Waals surface area (Å²) in [6.45, 7) is 9.91. The van der Waals surface area contributed by atoms with Gasteiger partial charge < -0.3 is 19.7 Å². The van der Waals surface area contributed by atoms with Crippen LogP contribution in [0.4, 0.5) is 10.1 Å². The molecule has 2 aliphatic carbocycles. The highest BCUT2D eigenvalue weighted by Crippen LogP contribution is 2.70. The lowest BCUT2D eigenvalue weighted by molar-refractivity contribution is -0.137. The van der Waals surface area contributed by atoms with Crippen molar-refractivity contribution in [2.45, 2.75) is 58.6 Å². The van der Waals surface area contributed by atoms with E-state index in [1.54, 1.807) is 6.07 Å². The van der Waals surface area contributed by atoms with Gasteiger partial charge in [-0.3, -0.25) is 4.79 Å². The number of hydrogen-bond donors (Lipinski definition) is 1. The molecule has 6 heteroatoms. The normalized spacial score (nSPS) is 36.3. The van der Waals surface area contributed by atoms with E-state index in [0.29, 0.717) is 43.8 Å². The van der Waals surface area contributed by atoms with Crippen LogP contribution < -0.4 is 10.2 Å². The lowest BCUT2D eigenvalue weighted by Crippen LogP contribution is -2.58. The molecule has 0 aromatic heterocycles. The molecule has 2 bridgehead atoms. The van der Waals surface area contributed by atoms with Gasteiger partial charge in [-0.2, -0.15) is 0 Å². The molecule has 1 aromatic carbocycles. The second kappa shape index (κ2) is 7.73. The minimum atomic E-state index is -0.179. The fourth-order valence-corrected chi connectivity index (χ4v) is 7.14. The van der Waals surface area contributed by atoms with Crippen LogP contribution in [-0.2, 0) is 14.3 Å². The molecule has 170 valence electrons. The van der Waals surface area contributed by atoms with Crippen LogP contribution >= 0.6 is 0 Å². The van der Waals surface area contributed by atoms with E-state index in [1.807, 2.05) is 19.1 Å². The molecule has 31 heavy (non-hydrogen) atoms. The average Bonchev–Trinajstić information content (AvgIpc) is 3.26. The lowest BCUT2D eigenvalue weighted by atomic mass is 9.59. The second-order valence-corrected chi connectivity index (χ2v) is 10.5. The van der Waals surface area contributed by atoms with Gasteiger partial charge in [-0.05, 0) is 59.6 Å². The summed E-state index contributed by atoms with van der Waals surface area (Å²) in [5.74, 6) is 0.820. The van der Waals surface area contributed by atoms with Crippen molar-refractivity contribution in [3.05, 3.63) is 29.6 Å². The van der Waals surface area contributed by atoms with Gasteiger partial charge in [-0.25, -0.2) is 4.39 Å².